The minimum atomic E-state index is -3.65. The molecule has 2 N–H and O–H groups in total. The van der Waals surface area contributed by atoms with Crippen LogP contribution in [0, 0.1) is 0 Å². The molecule has 9 nitrogen and oxygen atoms in total. The highest BCUT2D eigenvalue weighted by molar-refractivity contribution is 7.90. The highest BCUT2D eigenvalue weighted by Crippen LogP contribution is 2.22. The number of fused-ring (bicyclic) bond motifs is 1. The van der Waals surface area contributed by atoms with Gasteiger partial charge in [-0.1, -0.05) is 12.1 Å². The number of nitrogens with one attached hydrogen (secondary N) is 2. The zero-order valence-electron chi connectivity index (χ0n) is 14.9. The van der Waals surface area contributed by atoms with Gasteiger partial charge in [0, 0.05) is 24.7 Å². The predicted octanol–water partition coefficient (Wildman–Crippen LogP) is -0.345. The van der Waals surface area contributed by atoms with Gasteiger partial charge in [0.25, 0.3) is 10.0 Å². The van der Waals surface area contributed by atoms with E-state index in [1.54, 1.807) is 23.1 Å². The van der Waals surface area contributed by atoms with E-state index in [0.717, 1.165) is 19.1 Å². The van der Waals surface area contributed by atoms with Crippen molar-refractivity contribution in [1.29, 1.82) is 0 Å². The summed E-state index contributed by atoms with van der Waals surface area (Å²) in [6, 6.07) is 6.22. The smallest absolute Gasteiger partial charge is 0.263 e. The normalized spacial score (nSPS) is 23.1. The Kier molecular flexibility index (Phi) is 5.54. The number of hydrogen-bond donors (Lipinski definition) is 2. The predicted molar refractivity (Wildman–Crippen MR) is 100 cm³/mol. The average Bonchev–Trinajstić information content (AvgIpc) is 2.88. The Morgan fingerprint density at radius 3 is 2.81 bits per heavy atom. The molecule has 1 aromatic rings. The highest BCUT2D eigenvalue weighted by Gasteiger charge is 2.31. The van der Waals surface area contributed by atoms with Gasteiger partial charge < -0.3 is 4.90 Å². The maximum atomic E-state index is 12.6. The molecule has 0 aliphatic carbocycles. The fraction of sp³-hybridized carbons (Fsp3) is 0.500. The molecule has 0 radical (unpaired) electrons. The lowest BCUT2D eigenvalue weighted by Crippen LogP contribution is -2.50. The third-order valence-electron chi connectivity index (χ3n) is 4.56. The third kappa shape index (κ3) is 4.66. The lowest BCUT2D eigenvalue weighted by Gasteiger charge is -2.35. The number of nitrogens with zero attached hydrogens (tertiary/aromatic N) is 2. The summed E-state index contributed by atoms with van der Waals surface area (Å²) in [7, 11) is -6.98. The quantitative estimate of drug-likeness (QED) is 0.682. The van der Waals surface area contributed by atoms with Crippen molar-refractivity contribution in [2.75, 3.05) is 25.9 Å². The van der Waals surface area contributed by atoms with E-state index in [-0.39, 0.29) is 35.8 Å². The van der Waals surface area contributed by atoms with Gasteiger partial charge >= 0.3 is 0 Å². The standard InChI is InChI=1S/C16H22N4O5S2/c1-26(22,23)18-10-12-6-4-5-9-20(12)15(21)11-17-16-13-7-2-3-8-14(13)27(24,25)19-16/h2-3,7-8,12,18H,4-6,9-11H2,1H3,(H,17,19). The number of likely N-dealkylation sites (tertiary alicyclic amines) is 1. The molecule has 2 heterocycles. The summed E-state index contributed by atoms with van der Waals surface area (Å²) in [5.74, 6) is -0.104. The molecular weight excluding hydrogens is 392 g/mol. The van der Waals surface area contributed by atoms with Gasteiger partial charge in [0.15, 0.2) is 0 Å². The summed E-state index contributed by atoms with van der Waals surface area (Å²) >= 11 is 0. The molecule has 0 spiro atoms. The molecule has 1 unspecified atom stereocenters. The number of amides is 1. The van der Waals surface area contributed by atoms with Crippen LogP contribution < -0.4 is 9.44 Å². The van der Waals surface area contributed by atoms with Crippen LogP contribution >= 0.6 is 0 Å². The van der Waals surface area contributed by atoms with E-state index in [1.807, 2.05) is 0 Å². The van der Waals surface area contributed by atoms with Gasteiger partial charge in [0.1, 0.15) is 12.4 Å². The second-order valence-corrected chi connectivity index (χ2v) is 10.1. The summed E-state index contributed by atoms with van der Waals surface area (Å²) in [4.78, 5) is 18.6. The van der Waals surface area contributed by atoms with Crippen molar-refractivity contribution in [1.82, 2.24) is 14.3 Å². The molecular formula is C16H22N4O5S2. The molecule has 2 aliphatic heterocycles. The number of benzene rings is 1. The number of carbonyl (C=O) groups is 1. The van der Waals surface area contributed by atoms with Crippen molar-refractivity contribution < 1.29 is 21.6 Å². The van der Waals surface area contributed by atoms with E-state index in [9.17, 15) is 21.6 Å². The van der Waals surface area contributed by atoms with E-state index in [0.29, 0.717) is 18.5 Å². The van der Waals surface area contributed by atoms with E-state index in [4.69, 9.17) is 0 Å². The molecule has 0 aromatic heterocycles. The van der Waals surface area contributed by atoms with Crippen LogP contribution in [0.5, 0.6) is 0 Å². The van der Waals surface area contributed by atoms with Crippen molar-refractivity contribution in [2.45, 2.75) is 30.2 Å². The van der Waals surface area contributed by atoms with Crippen LogP contribution in [-0.4, -0.2) is 65.4 Å². The molecule has 27 heavy (non-hydrogen) atoms. The SMILES string of the molecule is CS(=O)(=O)NCC1CCCCN1C(=O)CN=C1NS(=O)(=O)c2ccccc21. The Morgan fingerprint density at radius 2 is 2.07 bits per heavy atom. The second kappa shape index (κ2) is 7.56. The van der Waals surface area contributed by atoms with Crippen LogP contribution in [0.3, 0.4) is 0 Å². The average molecular weight is 415 g/mol. The van der Waals surface area contributed by atoms with Gasteiger partial charge in [0.05, 0.1) is 11.2 Å². The van der Waals surface area contributed by atoms with E-state index < -0.39 is 20.0 Å². The monoisotopic (exact) mass is 414 g/mol. The number of aliphatic imine (C=N–C) groups is 1. The molecule has 148 valence electrons. The Hall–Kier alpha value is -1.98. The van der Waals surface area contributed by atoms with E-state index in [1.165, 1.54) is 6.07 Å². The Morgan fingerprint density at radius 1 is 1.33 bits per heavy atom. The minimum absolute atomic E-state index is 0.143. The molecule has 1 amide bonds. The molecule has 1 fully saturated rings. The number of piperidine rings is 1. The number of amidine groups is 1. The Balaban J connectivity index is 1.72. The van der Waals surface area contributed by atoms with Gasteiger partial charge in [-0.3, -0.25) is 14.5 Å². The van der Waals surface area contributed by atoms with Crippen molar-refractivity contribution >= 4 is 31.8 Å². The summed E-state index contributed by atoms with van der Waals surface area (Å²) in [5.41, 5.74) is 0.444. The third-order valence-corrected chi connectivity index (χ3v) is 6.65. The number of sulfonamides is 2. The lowest BCUT2D eigenvalue weighted by molar-refractivity contribution is -0.133. The largest absolute Gasteiger partial charge is 0.337 e. The fourth-order valence-electron chi connectivity index (χ4n) is 3.28. The first kappa shape index (κ1) is 19.8. The fourth-order valence-corrected chi connectivity index (χ4v) is 5.02. The maximum absolute atomic E-state index is 12.6. The van der Waals surface area contributed by atoms with Crippen LogP contribution in [-0.2, 0) is 24.8 Å². The summed E-state index contributed by atoms with van der Waals surface area (Å²) in [6.45, 7) is 0.486. The van der Waals surface area contributed by atoms with Crippen molar-refractivity contribution in [2.24, 2.45) is 4.99 Å². The zero-order chi connectivity index (χ0) is 19.7. The van der Waals surface area contributed by atoms with Gasteiger partial charge in [-0.15, -0.1) is 0 Å². The van der Waals surface area contributed by atoms with Crippen LogP contribution in [0.1, 0.15) is 24.8 Å². The Bertz CT molecular complexity index is 972. The van der Waals surface area contributed by atoms with Crippen LogP contribution in [0.25, 0.3) is 0 Å². The number of rotatable bonds is 5. The van der Waals surface area contributed by atoms with Gasteiger partial charge in [0.2, 0.25) is 15.9 Å². The van der Waals surface area contributed by atoms with Crippen LogP contribution in [0.2, 0.25) is 0 Å². The van der Waals surface area contributed by atoms with Gasteiger partial charge in [-0.2, -0.15) is 0 Å². The molecule has 3 rings (SSSR count). The van der Waals surface area contributed by atoms with Crippen molar-refractivity contribution in [3.8, 4) is 0 Å². The first-order valence-electron chi connectivity index (χ1n) is 8.58. The topological polar surface area (TPSA) is 125 Å². The minimum Gasteiger partial charge on any atom is -0.337 e. The summed E-state index contributed by atoms with van der Waals surface area (Å²) < 4.78 is 51.6. The second-order valence-electron chi connectivity index (χ2n) is 6.62. The maximum Gasteiger partial charge on any atom is 0.263 e. The molecule has 1 aromatic carbocycles. The molecule has 0 saturated carbocycles. The number of carbonyl (C=O) groups excluding carboxylic acids is 1. The molecule has 11 heteroatoms. The van der Waals surface area contributed by atoms with E-state index >= 15 is 0 Å². The lowest BCUT2D eigenvalue weighted by atomic mass is 10.0. The first-order valence-corrected chi connectivity index (χ1v) is 12.0. The number of hydrogen-bond acceptors (Lipinski definition) is 6. The summed E-state index contributed by atoms with van der Waals surface area (Å²) in [6.07, 6.45) is 3.55. The summed E-state index contributed by atoms with van der Waals surface area (Å²) in [5, 5.41) is 0. The van der Waals surface area contributed by atoms with E-state index in [2.05, 4.69) is 14.4 Å². The first-order chi connectivity index (χ1) is 12.7. The Labute approximate surface area is 159 Å². The van der Waals surface area contributed by atoms with Crippen molar-refractivity contribution in [3.05, 3.63) is 29.8 Å². The highest BCUT2D eigenvalue weighted by atomic mass is 32.2. The molecule has 2 aliphatic rings. The van der Waals surface area contributed by atoms with Crippen LogP contribution in [0.4, 0.5) is 0 Å². The molecule has 1 saturated heterocycles. The van der Waals surface area contributed by atoms with Gasteiger partial charge in [-0.05, 0) is 31.4 Å². The van der Waals surface area contributed by atoms with Gasteiger partial charge in [-0.25, -0.2) is 21.6 Å². The van der Waals surface area contributed by atoms with Crippen LogP contribution in [0.15, 0.2) is 34.2 Å². The van der Waals surface area contributed by atoms with Crippen molar-refractivity contribution in [3.63, 3.8) is 0 Å². The molecule has 1 atom stereocenters. The zero-order valence-corrected chi connectivity index (χ0v) is 16.5. The molecule has 0 bridgehead atoms.